The number of halogens is 1. The van der Waals surface area contributed by atoms with Gasteiger partial charge in [0.2, 0.25) is 0 Å². The van der Waals surface area contributed by atoms with E-state index in [0.29, 0.717) is 28.6 Å². The summed E-state index contributed by atoms with van der Waals surface area (Å²) in [5, 5.41) is 10.7. The van der Waals surface area contributed by atoms with Crippen LogP contribution in [0, 0.1) is 12.7 Å². The standard InChI is InChI=1S/C15H15FN6/c1-8-5-12(19-13(18-8)9-3-2-4-9)20-15-11-6-10(16)7-17-14(11)21-22-15/h5-7,9H,2-4H2,1H3,(H2,17,18,19,20,21,22). The summed E-state index contributed by atoms with van der Waals surface area (Å²) < 4.78 is 13.4. The fourth-order valence-electron chi connectivity index (χ4n) is 2.60. The number of nitrogens with zero attached hydrogens (tertiary/aromatic N) is 4. The Hall–Kier alpha value is -2.57. The van der Waals surface area contributed by atoms with Crippen molar-refractivity contribution in [2.24, 2.45) is 0 Å². The first-order valence-electron chi connectivity index (χ1n) is 7.31. The predicted octanol–water partition coefficient (Wildman–Crippen LogP) is 3.21. The molecule has 6 nitrogen and oxygen atoms in total. The number of hydrogen-bond acceptors (Lipinski definition) is 5. The third kappa shape index (κ3) is 2.28. The average molecular weight is 298 g/mol. The van der Waals surface area contributed by atoms with Crippen LogP contribution in [0.25, 0.3) is 11.0 Å². The van der Waals surface area contributed by atoms with E-state index < -0.39 is 5.82 Å². The van der Waals surface area contributed by atoms with E-state index in [1.54, 1.807) is 0 Å². The van der Waals surface area contributed by atoms with E-state index in [1.165, 1.54) is 12.5 Å². The second-order valence-corrected chi connectivity index (χ2v) is 5.63. The first kappa shape index (κ1) is 13.1. The Kier molecular flexibility index (Phi) is 2.99. The van der Waals surface area contributed by atoms with Crippen molar-refractivity contribution in [1.29, 1.82) is 0 Å². The average Bonchev–Trinajstić information content (AvgIpc) is 2.79. The normalized spacial score (nSPS) is 15.0. The van der Waals surface area contributed by atoms with Crippen molar-refractivity contribution in [3.8, 4) is 0 Å². The fourth-order valence-corrected chi connectivity index (χ4v) is 2.60. The zero-order chi connectivity index (χ0) is 15.1. The van der Waals surface area contributed by atoms with Crippen LogP contribution in [-0.4, -0.2) is 25.1 Å². The van der Waals surface area contributed by atoms with Crippen LogP contribution in [0.5, 0.6) is 0 Å². The van der Waals surface area contributed by atoms with Crippen molar-refractivity contribution >= 4 is 22.7 Å². The number of pyridine rings is 1. The molecule has 1 aliphatic rings. The maximum absolute atomic E-state index is 13.4. The van der Waals surface area contributed by atoms with Gasteiger partial charge in [0.15, 0.2) is 11.5 Å². The van der Waals surface area contributed by atoms with Crippen molar-refractivity contribution in [2.75, 3.05) is 5.32 Å². The van der Waals surface area contributed by atoms with Gasteiger partial charge in [-0.05, 0) is 25.8 Å². The van der Waals surface area contributed by atoms with Gasteiger partial charge < -0.3 is 5.32 Å². The van der Waals surface area contributed by atoms with Crippen LogP contribution >= 0.6 is 0 Å². The number of fused-ring (bicyclic) bond motifs is 1. The Morgan fingerprint density at radius 2 is 2.14 bits per heavy atom. The first-order valence-corrected chi connectivity index (χ1v) is 7.31. The molecule has 0 saturated heterocycles. The number of aromatic nitrogens is 5. The van der Waals surface area contributed by atoms with Gasteiger partial charge in [-0.3, -0.25) is 5.10 Å². The van der Waals surface area contributed by atoms with Gasteiger partial charge in [-0.15, -0.1) is 0 Å². The number of hydrogen-bond donors (Lipinski definition) is 2. The van der Waals surface area contributed by atoms with Gasteiger partial charge in [-0.2, -0.15) is 5.10 Å². The van der Waals surface area contributed by atoms with Crippen LogP contribution in [0.15, 0.2) is 18.3 Å². The largest absolute Gasteiger partial charge is 0.323 e. The molecule has 0 spiro atoms. The molecule has 3 aromatic rings. The molecular formula is C15H15FN6. The highest BCUT2D eigenvalue weighted by molar-refractivity contribution is 5.88. The van der Waals surface area contributed by atoms with Crippen LogP contribution in [-0.2, 0) is 0 Å². The van der Waals surface area contributed by atoms with Crippen LogP contribution in [0.2, 0.25) is 0 Å². The molecule has 2 N–H and O–H groups in total. The predicted molar refractivity (Wildman–Crippen MR) is 80.5 cm³/mol. The van der Waals surface area contributed by atoms with Gasteiger partial charge in [0.25, 0.3) is 0 Å². The van der Waals surface area contributed by atoms with Crippen molar-refractivity contribution in [3.05, 3.63) is 35.7 Å². The lowest BCUT2D eigenvalue weighted by atomic mass is 9.85. The Labute approximate surface area is 126 Å². The maximum Gasteiger partial charge on any atom is 0.163 e. The first-order chi connectivity index (χ1) is 10.7. The lowest BCUT2D eigenvalue weighted by molar-refractivity contribution is 0.401. The highest BCUT2D eigenvalue weighted by atomic mass is 19.1. The molecular weight excluding hydrogens is 283 g/mol. The molecule has 4 rings (SSSR count). The summed E-state index contributed by atoms with van der Waals surface area (Å²) >= 11 is 0. The third-order valence-electron chi connectivity index (χ3n) is 3.97. The van der Waals surface area contributed by atoms with Gasteiger partial charge in [-0.1, -0.05) is 6.42 Å². The summed E-state index contributed by atoms with van der Waals surface area (Å²) in [7, 11) is 0. The van der Waals surface area contributed by atoms with Gasteiger partial charge in [0.05, 0.1) is 11.6 Å². The van der Waals surface area contributed by atoms with E-state index in [0.717, 1.165) is 30.6 Å². The third-order valence-corrected chi connectivity index (χ3v) is 3.97. The summed E-state index contributed by atoms with van der Waals surface area (Å²) in [5.74, 6) is 2.12. The van der Waals surface area contributed by atoms with E-state index in [1.807, 2.05) is 13.0 Å². The van der Waals surface area contributed by atoms with Crippen molar-refractivity contribution in [1.82, 2.24) is 25.1 Å². The highest BCUT2D eigenvalue weighted by Crippen LogP contribution is 2.35. The fraction of sp³-hybridized carbons (Fsp3) is 0.333. The Balaban J connectivity index is 1.69. The Morgan fingerprint density at radius 1 is 1.27 bits per heavy atom. The minimum Gasteiger partial charge on any atom is -0.323 e. The molecule has 22 heavy (non-hydrogen) atoms. The molecule has 0 aliphatic heterocycles. The molecule has 1 aliphatic carbocycles. The smallest absolute Gasteiger partial charge is 0.163 e. The lowest BCUT2D eigenvalue weighted by Gasteiger charge is -2.24. The molecule has 0 radical (unpaired) electrons. The minimum atomic E-state index is -0.397. The van der Waals surface area contributed by atoms with E-state index in [4.69, 9.17) is 0 Å². The summed E-state index contributed by atoms with van der Waals surface area (Å²) in [6.45, 7) is 1.94. The van der Waals surface area contributed by atoms with Gasteiger partial charge in [-0.25, -0.2) is 19.3 Å². The monoisotopic (exact) mass is 298 g/mol. The maximum atomic E-state index is 13.4. The van der Waals surface area contributed by atoms with Crippen LogP contribution in [0.4, 0.5) is 16.0 Å². The number of H-pyrrole nitrogens is 1. The van der Waals surface area contributed by atoms with Crippen LogP contribution < -0.4 is 5.32 Å². The molecule has 1 fully saturated rings. The summed E-state index contributed by atoms with van der Waals surface area (Å²) in [4.78, 5) is 13.0. The number of anilines is 2. The van der Waals surface area contributed by atoms with Crippen LogP contribution in [0.3, 0.4) is 0 Å². The Bertz CT molecular complexity index is 839. The van der Waals surface area contributed by atoms with Gasteiger partial charge in [0, 0.05) is 17.7 Å². The zero-order valence-electron chi connectivity index (χ0n) is 12.1. The van der Waals surface area contributed by atoms with Crippen molar-refractivity contribution in [2.45, 2.75) is 32.1 Å². The second-order valence-electron chi connectivity index (χ2n) is 5.63. The number of rotatable bonds is 3. The number of aromatic amines is 1. The van der Waals surface area contributed by atoms with E-state index in [-0.39, 0.29) is 0 Å². The van der Waals surface area contributed by atoms with Gasteiger partial charge in [0.1, 0.15) is 17.5 Å². The Morgan fingerprint density at radius 3 is 2.91 bits per heavy atom. The molecule has 7 heteroatoms. The highest BCUT2D eigenvalue weighted by Gasteiger charge is 2.23. The van der Waals surface area contributed by atoms with Crippen molar-refractivity contribution < 1.29 is 4.39 Å². The molecule has 0 aromatic carbocycles. The molecule has 1 saturated carbocycles. The number of nitrogens with one attached hydrogen (secondary N) is 2. The van der Waals surface area contributed by atoms with Gasteiger partial charge >= 0.3 is 0 Å². The molecule has 0 unspecified atom stereocenters. The SMILES string of the molecule is Cc1cc(Nc2n[nH]c3ncc(F)cc23)nc(C2CCC2)n1. The molecule has 3 heterocycles. The van der Waals surface area contributed by atoms with E-state index in [2.05, 4.69) is 30.5 Å². The molecule has 0 bridgehead atoms. The second kappa shape index (κ2) is 5.01. The topological polar surface area (TPSA) is 79.4 Å². The minimum absolute atomic E-state index is 0.397. The van der Waals surface area contributed by atoms with E-state index >= 15 is 0 Å². The molecule has 3 aromatic heterocycles. The summed E-state index contributed by atoms with van der Waals surface area (Å²) in [6.07, 6.45) is 4.68. The molecule has 0 amide bonds. The summed E-state index contributed by atoms with van der Waals surface area (Å²) in [6, 6.07) is 3.25. The lowest BCUT2D eigenvalue weighted by Crippen LogP contribution is -2.14. The molecule has 112 valence electrons. The summed E-state index contributed by atoms with van der Waals surface area (Å²) in [5.41, 5.74) is 1.44. The van der Waals surface area contributed by atoms with Crippen molar-refractivity contribution in [3.63, 3.8) is 0 Å². The quantitative estimate of drug-likeness (QED) is 0.776. The zero-order valence-corrected chi connectivity index (χ0v) is 12.1. The molecule has 0 atom stereocenters. The number of aryl methyl sites for hydroxylation is 1. The van der Waals surface area contributed by atoms with E-state index in [9.17, 15) is 4.39 Å². The van der Waals surface area contributed by atoms with Crippen LogP contribution in [0.1, 0.15) is 36.7 Å².